The Hall–Kier alpha value is -2.51. The van der Waals surface area contributed by atoms with Crippen LogP contribution in [-0.4, -0.2) is 52.8 Å². The Morgan fingerprint density at radius 2 is 2.12 bits per heavy atom. The van der Waals surface area contributed by atoms with Crippen molar-refractivity contribution in [3.05, 3.63) is 28.3 Å². The third-order valence-electron chi connectivity index (χ3n) is 4.15. The van der Waals surface area contributed by atoms with Crippen molar-refractivity contribution >= 4 is 17.5 Å². The van der Waals surface area contributed by atoms with Crippen molar-refractivity contribution in [2.24, 2.45) is 0 Å². The number of anilines is 1. The minimum atomic E-state index is -0.617. The zero-order valence-electron chi connectivity index (χ0n) is 15.1. The molecule has 1 heterocycles. The molecule has 1 aromatic rings. The first-order valence-corrected chi connectivity index (χ1v) is 8.26. The molecule has 8 heteroatoms. The van der Waals surface area contributed by atoms with Crippen LogP contribution in [-0.2, 0) is 4.74 Å². The SMILES string of the molecule is CN(C(=O)OC(C)(C)C)C1CCCN(c2ccc([N+](=O)[O-])c(O)c2)C1. The number of phenolic OH excluding ortho intramolecular Hbond substituents is 1. The Morgan fingerprint density at radius 1 is 1.44 bits per heavy atom. The maximum absolute atomic E-state index is 12.2. The Kier molecular flexibility index (Phi) is 5.39. The summed E-state index contributed by atoms with van der Waals surface area (Å²) < 4.78 is 5.41. The molecule has 0 aromatic heterocycles. The van der Waals surface area contributed by atoms with E-state index in [-0.39, 0.29) is 23.6 Å². The van der Waals surface area contributed by atoms with Crippen LogP contribution >= 0.6 is 0 Å². The number of ether oxygens (including phenoxy) is 1. The van der Waals surface area contributed by atoms with E-state index in [0.717, 1.165) is 19.4 Å². The number of likely N-dealkylation sites (N-methyl/N-ethyl adjacent to an activating group) is 1. The van der Waals surface area contributed by atoms with E-state index in [0.29, 0.717) is 12.2 Å². The summed E-state index contributed by atoms with van der Waals surface area (Å²) in [7, 11) is 1.72. The summed E-state index contributed by atoms with van der Waals surface area (Å²) in [6, 6.07) is 4.29. The van der Waals surface area contributed by atoms with Gasteiger partial charge in [-0.1, -0.05) is 0 Å². The minimum absolute atomic E-state index is 0.0269. The van der Waals surface area contributed by atoms with Crippen LogP contribution in [0.5, 0.6) is 5.75 Å². The van der Waals surface area contributed by atoms with E-state index in [1.54, 1.807) is 18.0 Å². The molecule has 1 unspecified atom stereocenters. The zero-order chi connectivity index (χ0) is 18.8. The maximum atomic E-state index is 12.2. The number of phenols is 1. The molecule has 25 heavy (non-hydrogen) atoms. The van der Waals surface area contributed by atoms with Crippen molar-refractivity contribution in [1.82, 2.24) is 4.90 Å². The summed E-state index contributed by atoms with van der Waals surface area (Å²) >= 11 is 0. The molecular weight excluding hydrogens is 326 g/mol. The summed E-state index contributed by atoms with van der Waals surface area (Å²) in [5.74, 6) is -0.356. The fraction of sp³-hybridized carbons (Fsp3) is 0.588. The molecule has 0 spiro atoms. The maximum Gasteiger partial charge on any atom is 0.410 e. The number of amides is 1. The minimum Gasteiger partial charge on any atom is -0.502 e. The van der Waals surface area contributed by atoms with E-state index < -0.39 is 10.5 Å². The van der Waals surface area contributed by atoms with Gasteiger partial charge in [-0.15, -0.1) is 0 Å². The van der Waals surface area contributed by atoms with Crippen LogP contribution in [0.25, 0.3) is 0 Å². The zero-order valence-corrected chi connectivity index (χ0v) is 15.1. The van der Waals surface area contributed by atoms with E-state index >= 15 is 0 Å². The van der Waals surface area contributed by atoms with Gasteiger partial charge in [-0.05, 0) is 39.7 Å². The number of hydrogen-bond donors (Lipinski definition) is 1. The van der Waals surface area contributed by atoms with Crippen LogP contribution in [0.3, 0.4) is 0 Å². The number of piperidine rings is 1. The Labute approximate surface area is 147 Å². The number of benzene rings is 1. The molecule has 0 bridgehead atoms. The van der Waals surface area contributed by atoms with Crippen LogP contribution < -0.4 is 4.90 Å². The highest BCUT2D eigenvalue weighted by molar-refractivity contribution is 5.68. The van der Waals surface area contributed by atoms with E-state index in [4.69, 9.17) is 4.74 Å². The third-order valence-corrected chi connectivity index (χ3v) is 4.15. The molecule has 1 aromatic carbocycles. The second-order valence-electron chi connectivity index (χ2n) is 7.26. The van der Waals surface area contributed by atoms with Gasteiger partial charge in [0.1, 0.15) is 5.60 Å². The van der Waals surface area contributed by atoms with Crippen molar-refractivity contribution < 1.29 is 19.6 Å². The second-order valence-corrected chi connectivity index (χ2v) is 7.26. The summed E-state index contributed by atoms with van der Waals surface area (Å²) in [5.41, 5.74) is -0.169. The molecule has 0 radical (unpaired) electrons. The van der Waals surface area contributed by atoms with Gasteiger partial charge >= 0.3 is 11.8 Å². The molecule has 0 aliphatic carbocycles. The summed E-state index contributed by atoms with van der Waals surface area (Å²) in [5, 5.41) is 20.6. The molecule has 1 N–H and O–H groups in total. The topological polar surface area (TPSA) is 96.2 Å². The summed E-state index contributed by atoms with van der Waals surface area (Å²) in [6.45, 7) is 6.81. The Morgan fingerprint density at radius 3 is 2.68 bits per heavy atom. The number of aromatic hydroxyl groups is 1. The molecule has 2 rings (SSSR count). The average Bonchev–Trinajstić information content (AvgIpc) is 2.52. The molecule has 1 aliphatic heterocycles. The first kappa shape index (κ1) is 18.8. The van der Waals surface area contributed by atoms with Crippen LogP contribution in [0, 0.1) is 10.1 Å². The second kappa shape index (κ2) is 7.16. The first-order valence-electron chi connectivity index (χ1n) is 8.26. The van der Waals surface area contributed by atoms with Gasteiger partial charge in [0, 0.05) is 38.0 Å². The number of rotatable bonds is 3. The number of hydrogen-bond acceptors (Lipinski definition) is 6. The number of carbonyl (C=O) groups excluding carboxylic acids is 1. The number of nitrogens with zero attached hydrogens (tertiary/aromatic N) is 3. The van der Waals surface area contributed by atoms with Crippen molar-refractivity contribution in [2.45, 2.75) is 45.3 Å². The van der Waals surface area contributed by atoms with E-state index in [9.17, 15) is 20.0 Å². The lowest BCUT2D eigenvalue weighted by molar-refractivity contribution is -0.385. The van der Waals surface area contributed by atoms with Crippen LogP contribution in [0.2, 0.25) is 0 Å². The highest BCUT2D eigenvalue weighted by Crippen LogP contribution is 2.32. The van der Waals surface area contributed by atoms with E-state index in [2.05, 4.69) is 0 Å². The van der Waals surface area contributed by atoms with Crippen molar-refractivity contribution in [2.75, 3.05) is 25.0 Å². The normalized spacial score (nSPS) is 17.9. The first-order chi connectivity index (χ1) is 11.6. The van der Waals surface area contributed by atoms with Crippen LogP contribution in [0.4, 0.5) is 16.2 Å². The monoisotopic (exact) mass is 351 g/mol. The lowest BCUT2D eigenvalue weighted by Gasteiger charge is -2.39. The largest absolute Gasteiger partial charge is 0.502 e. The Bertz CT molecular complexity index is 656. The van der Waals surface area contributed by atoms with Gasteiger partial charge in [-0.2, -0.15) is 0 Å². The van der Waals surface area contributed by atoms with Gasteiger partial charge in [0.2, 0.25) is 0 Å². The van der Waals surface area contributed by atoms with E-state index in [1.807, 2.05) is 25.7 Å². The fourth-order valence-corrected chi connectivity index (χ4v) is 2.85. The standard InChI is InChI=1S/C17H25N3O5/c1-17(2,3)25-16(22)18(4)13-6-5-9-19(11-13)12-7-8-14(20(23)24)15(21)10-12/h7-8,10,13,21H,5-6,9,11H2,1-4H3. The smallest absolute Gasteiger partial charge is 0.410 e. The van der Waals surface area contributed by atoms with Crippen LogP contribution in [0.1, 0.15) is 33.6 Å². The molecular formula is C17H25N3O5. The molecule has 1 aliphatic rings. The van der Waals surface area contributed by atoms with Crippen molar-refractivity contribution in [1.29, 1.82) is 0 Å². The van der Waals surface area contributed by atoms with Gasteiger partial charge in [0.05, 0.1) is 11.0 Å². The molecule has 1 amide bonds. The van der Waals surface area contributed by atoms with Gasteiger partial charge < -0.3 is 19.6 Å². The van der Waals surface area contributed by atoms with Gasteiger partial charge in [0.25, 0.3) is 0 Å². The van der Waals surface area contributed by atoms with E-state index in [1.165, 1.54) is 12.1 Å². The molecule has 1 saturated heterocycles. The summed E-state index contributed by atoms with van der Waals surface area (Å²) in [6.07, 6.45) is 1.35. The molecule has 138 valence electrons. The number of carbonyl (C=O) groups is 1. The van der Waals surface area contributed by atoms with Crippen molar-refractivity contribution in [3.8, 4) is 5.75 Å². The molecule has 1 atom stereocenters. The summed E-state index contributed by atoms with van der Waals surface area (Å²) in [4.78, 5) is 26.1. The lowest BCUT2D eigenvalue weighted by Crippen LogP contribution is -2.49. The molecule has 0 saturated carbocycles. The van der Waals surface area contributed by atoms with Crippen LogP contribution in [0.15, 0.2) is 18.2 Å². The fourth-order valence-electron chi connectivity index (χ4n) is 2.85. The lowest BCUT2D eigenvalue weighted by atomic mass is 10.0. The number of nitro benzene ring substituents is 1. The average molecular weight is 351 g/mol. The molecule has 8 nitrogen and oxygen atoms in total. The quantitative estimate of drug-likeness (QED) is 0.664. The predicted octanol–water partition coefficient (Wildman–Crippen LogP) is 3.14. The predicted molar refractivity (Wildman–Crippen MR) is 94.0 cm³/mol. The third kappa shape index (κ3) is 4.74. The Balaban J connectivity index is 2.09. The highest BCUT2D eigenvalue weighted by atomic mass is 16.6. The van der Waals surface area contributed by atoms with Gasteiger partial charge in [-0.3, -0.25) is 10.1 Å². The van der Waals surface area contributed by atoms with Gasteiger partial charge in [-0.25, -0.2) is 4.79 Å². The molecule has 1 fully saturated rings. The van der Waals surface area contributed by atoms with Crippen molar-refractivity contribution in [3.63, 3.8) is 0 Å². The highest BCUT2D eigenvalue weighted by Gasteiger charge is 2.29. The number of nitro groups is 1. The van der Waals surface area contributed by atoms with Gasteiger partial charge in [0.15, 0.2) is 5.75 Å².